The minimum Gasteiger partial charge on any atom is -0.370 e. The van der Waals surface area contributed by atoms with E-state index in [1.165, 1.54) is 18.9 Å². The van der Waals surface area contributed by atoms with Crippen molar-refractivity contribution < 1.29 is 13.9 Å². The van der Waals surface area contributed by atoms with Crippen LogP contribution in [-0.4, -0.2) is 17.6 Å². The van der Waals surface area contributed by atoms with Crippen LogP contribution in [0.25, 0.3) is 0 Å². The molecular formula is C24H34FNO2. The van der Waals surface area contributed by atoms with E-state index in [2.05, 4.69) is 19.2 Å². The van der Waals surface area contributed by atoms with Crippen LogP contribution in [0.3, 0.4) is 0 Å². The number of amides is 1. The van der Waals surface area contributed by atoms with Crippen molar-refractivity contribution in [3.63, 3.8) is 0 Å². The fraction of sp³-hybridized carbons (Fsp3) is 0.708. The van der Waals surface area contributed by atoms with Gasteiger partial charge in [-0.1, -0.05) is 44.7 Å². The fourth-order valence-electron chi connectivity index (χ4n) is 5.80. The molecule has 0 radical (unpaired) electrons. The number of benzene rings is 1. The lowest BCUT2D eigenvalue weighted by atomic mass is 9.66. The molecular weight excluding hydrogens is 353 g/mol. The molecule has 2 saturated carbocycles. The van der Waals surface area contributed by atoms with Gasteiger partial charge >= 0.3 is 0 Å². The molecule has 4 heteroatoms. The van der Waals surface area contributed by atoms with E-state index in [1.807, 2.05) is 6.07 Å². The van der Waals surface area contributed by atoms with Crippen LogP contribution in [0.1, 0.15) is 83.3 Å². The average Bonchev–Trinajstić information content (AvgIpc) is 2.68. The lowest BCUT2D eigenvalue weighted by Crippen LogP contribution is -2.61. The van der Waals surface area contributed by atoms with Gasteiger partial charge in [0.05, 0.1) is 12.2 Å². The number of nitrogens with one attached hydrogen (secondary N) is 1. The van der Waals surface area contributed by atoms with Gasteiger partial charge in [0.1, 0.15) is 5.82 Å². The van der Waals surface area contributed by atoms with Crippen LogP contribution >= 0.6 is 0 Å². The number of hydrogen-bond donors (Lipinski definition) is 1. The average molecular weight is 388 g/mol. The van der Waals surface area contributed by atoms with Gasteiger partial charge in [-0.15, -0.1) is 0 Å². The number of ether oxygens (including phenoxy) is 1. The van der Waals surface area contributed by atoms with E-state index in [1.54, 1.807) is 12.1 Å². The molecule has 5 atom stereocenters. The van der Waals surface area contributed by atoms with Gasteiger partial charge in [-0.3, -0.25) is 4.79 Å². The fourth-order valence-corrected chi connectivity index (χ4v) is 5.80. The third-order valence-corrected chi connectivity index (χ3v) is 7.43. The summed E-state index contributed by atoms with van der Waals surface area (Å²) in [5.74, 6) is 1.11. The summed E-state index contributed by atoms with van der Waals surface area (Å²) in [4.78, 5) is 13.1. The Hall–Kier alpha value is -1.42. The molecule has 1 aromatic carbocycles. The van der Waals surface area contributed by atoms with Crippen LogP contribution < -0.4 is 5.32 Å². The molecule has 0 spiro atoms. The van der Waals surface area contributed by atoms with Gasteiger partial charge in [0, 0.05) is 23.8 Å². The molecule has 154 valence electrons. The van der Waals surface area contributed by atoms with Gasteiger partial charge in [-0.25, -0.2) is 4.39 Å². The lowest BCUT2D eigenvalue weighted by Gasteiger charge is -2.52. The van der Waals surface area contributed by atoms with Crippen molar-refractivity contribution in [1.29, 1.82) is 0 Å². The normalized spacial score (nSPS) is 36.5. The highest BCUT2D eigenvalue weighted by molar-refractivity contribution is 5.79. The Kier molecular flexibility index (Phi) is 5.78. The second-order valence-electron chi connectivity index (χ2n) is 9.69. The lowest BCUT2D eigenvalue weighted by molar-refractivity contribution is -0.155. The Morgan fingerprint density at radius 2 is 1.96 bits per heavy atom. The predicted molar refractivity (Wildman–Crippen MR) is 108 cm³/mol. The molecule has 28 heavy (non-hydrogen) atoms. The number of carbonyl (C=O) groups excluding carboxylic acids is 1. The van der Waals surface area contributed by atoms with Crippen LogP contribution in [0, 0.1) is 23.6 Å². The maximum atomic E-state index is 13.8. The Morgan fingerprint density at radius 3 is 2.71 bits per heavy atom. The highest BCUT2D eigenvalue weighted by atomic mass is 19.1. The summed E-state index contributed by atoms with van der Waals surface area (Å²) in [6.45, 7) is 4.49. The first kappa shape index (κ1) is 19.9. The molecule has 0 aromatic heterocycles. The maximum Gasteiger partial charge on any atom is 0.223 e. The number of carbonyl (C=O) groups is 1. The molecule has 3 fully saturated rings. The van der Waals surface area contributed by atoms with Crippen LogP contribution in [-0.2, 0) is 9.53 Å². The van der Waals surface area contributed by atoms with E-state index in [9.17, 15) is 9.18 Å². The first-order valence-electron chi connectivity index (χ1n) is 11.2. The highest BCUT2D eigenvalue weighted by Crippen LogP contribution is 2.48. The second kappa shape index (κ2) is 8.14. The van der Waals surface area contributed by atoms with Gasteiger partial charge in [0.15, 0.2) is 0 Å². The van der Waals surface area contributed by atoms with Gasteiger partial charge in [0.2, 0.25) is 5.91 Å². The minimum absolute atomic E-state index is 0.127. The molecule has 4 rings (SSSR count). The van der Waals surface area contributed by atoms with Crippen molar-refractivity contribution in [2.24, 2.45) is 17.8 Å². The molecule has 3 nitrogen and oxygen atoms in total. The van der Waals surface area contributed by atoms with E-state index in [0.717, 1.165) is 44.1 Å². The number of rotatable bonds is 3. The van der Waals surface area contributed by atoms with E-state index in [4.69, 9.17) is 4.74 Å². The zero-order chi connectivity index (χ0) is 19.7. The molecule has 1 amide bonds. The molecule has 1 saturated heterocycles. The first-order valence-corrected chi connectivity index (χ1v) is 11.2. The van der Waals surface area contributed by atoms with Gasteiger partial charge in [0.25, 0.3) is 0 Å². The largest absolute Gasteiger partial charge is 0.370 e. The molecule has 3 aliphatic rings. The summed E-state index contributed by atoms with van der Waals surface area (Å²) < 4.78 is 20.3. The van der Waals surface area contributed by atoms with Crippen molar-refractivity contribution in [2.75, 3.05) is 0 Å². The summed E-state index contributed by atoms with van der Waals surface area (Å²) in [5.41, 5.74) is 0.587. The summed E-state index contributed by atoms with van der Waals surface area (Å²) >= 11 is 0. The topological polar surface area (TPSA) is 38.3 Å². The zero-order valence-electron chi connectivity index (χ0n) is 17.3. The third-order valence-electron chi connectivity index (χ3n) is 7.43. The van der Waals surface area contributed by atoms with Gasteiger partial charge in [-0.2, -0.15) is 0 Å². The molecule has 1 aliphatic heterocycles. The van der Waals surface area contributed by atoms with Crippen LogP contribution in [0.5, 0.6) is 0 Å². The molecule has 0 unspecified atom stereocenters. The molecule has 0 bridgehead atoms. The standard InChI is InChI=1S/C24H34FNO2/c1-16-11-12-20-21(13-16)28-22(18-9-6-10-19(25)14-18)15-24(20,2)26-23(27)17-7-4-3-5-8-17/h6,9-10,14,16-17,20-22H,3-5,7-8,11-13,15H2,1-2H3,(H,26,27)/t16-,20-,21-,22-,24-/m0/s1. The summed E-state index contributed by atoms with van der Waals surface area (Å²) in [6, 6.07) is 6.76. The smallest absolute Gasteiger partial charge is 0.223 e. The summed E-state index contributed by atoms with van der Waals surface area (Å²) in [5, 5.41) is 3.48. The Morgan fingerprint density at radius 1 is 1.18 bits per heavy atom. The molecule has 1 aromatic rings. The Bertz CT molecular complexity index is 702. The third kappa shape index (κ3) is 4.12. The van der Waals surface area contributed by atoms with E-state index >= 15 is 0 Å². The summed E-state index contributed by atoms with van der Waals surface area (Å²) in [7, 11) is 0. The van der Waals surface area contributed by atoms with Gasteiger partial charge < -0.3 is 10.1 Å². The van der Waals surface area contributed by atoms with Gasteiger partial charge in [-0.05, 0) is 56.2 Å². The monoisotopic (exact) mass is 387 g/mol. The first-order chi connectivity index (χ1) is 13.4. The zero-order valence-corrected chi connectivity index (χ0v) is 17.3. The van der Waals surface area contributed by atoms with E-state index in [-0.39, 0.29) is 35.4 Å². The minimum atomic E-state index is -0.297. The van der Waals surface area contributed by atoms with Crippen LogP contribution in [0.2, 0.25) is 0 Å². The van der Waals surface area contributed by atoms with Crippen LogP contribution in [0.15, 0.2) is 24.3 Å². The summed E-state index contributed by atoms with van der Waals surface area (Å²) in [6.07, 6.45) is 9.55. The van der Waals surface area contributed by atoms with E-state index in [0.29, 0.717) is 18.3 Å². The highest BCUT2D eigenvalue weighted by Gasteiger charge is 2.49. The molecule has 1 N–H and O–H groups in total. The van der Waals surface area contributed by atoms with Crippen LogP contribution in [0.4, 0.5) is 4.39 Å². The van der Waals surface area contributed by atoms with Crippen molar-refractivity contribution >= 4 is 5.91 Å². The van der Waals surface area contributed by atoms with Crippen molar-refractivity contribution in [3.05, 3.63) is 35.6 Å². The Balaban J connectivity index is 1.57. The predicted octanol–water partition coefficient (Wildman–Crippen LogP) is 5.55. The van der Waals surface area contributed by atoms with Crippen molar-refractivity contribution in [1.82, 2.24) is 5.32 Å². The quantitative estimate of drug-likeness (QED) is 0.739. The Labute approximate surface area is 168 Å². The molecule has 2 aliphatic carbocycles. The number of hydrogen-bond acceptors (Lipinski definition) is 2. The number of fused-ring (bicyclic) bond motifs is 1. The molecule has 1 heterocycles. The number of halogens is 1. The second-order valence-corrected chi connectivity index (χ2v) is 9.69. The maximum absolute atomic E-state index is 13.8. The van der Waals surface area contributed by atoms with Crippen molar-refractivity contribution in [3.8, 4) is 0 Å². The van der Waals surface area contributed by atoms with E-state index < -0.39 is 0 Å². The van der Waals surface area contributed by atoms with Crippen molar-refractivity contribution in [2.45, 2.75) is 89.4 Å². The SMILES string of the molecule is C[C@H]1CC[C@H]2[C@H](C1)O[C@H](c1cccc(F)c1)C[C@]2(C)NC(=O)C1CCCCC1.